The highest BCUT2D eigenvalue weighted by atomic mass is 35.5. The van der Waals surface area contributed by atoms with Crippen LogP contribution in [0.5, 0.6) is 5.75 Å². The highest BCUT2D eigenvalue weighted by molar-refractivity contribution is 6.31. The van der Waals surface area contributed by atoms with E-state index in [0.717, 1.165) is 12.8 Å². The van der Waals surface area contributed by atoms with E-state index < -0.39 is 23.5 Å². The fourth-order valence-corrected chi connectivity index (χ4v) is 4.68. The molecule has 1 spiro atoms. The van der Waals surface area contributed by atoms with Gasteiger partial charge in [-0.3, -0.25) is 4.79 Å². The molecule has 1 fully saturated rings. The molecule has 154 valence electrons. The SMILES string of the molecule is O=C(O)C(Cc1c(Cl)ccc(O)c1F)CN1CCC2(CC1)OCc1ccccc12. The Morgan fingerprint density at radius 1 is 1.24 bits per heavy atom. The third-order valence-electron chi connectivity index (χ3n) is 6.12. The number of rotatable bonds is 5. The summed E-state index contributed by atoms with van der Waals surface area (Å²) in [5.74, 6) is -3.20. The molecule has 0 aliphatic carbocycles. The third-order valence-corrected chi connectivity index (χ3v) is 6.47. The molecule has 0 radical (unpaired) electrons. The minimum absolute atomic E-state index is 0.0422. The topological polar surface area (TPSA) is 70.0 Å². The lowest BCUT2D eigenvalue weighted by molar-refractivity contribution is -0.143. The van der Waals surface area contributed by atoms with Crippen LogP contribution in [-0.4, -0.2) is 40.7 Å². The zero-order chi connectivity index (χ0) is 20.6. The highest BCUT2D eigenvalue weighted by Crippen LogP contribution is 2.44. The summed E-state index contributed by atoms with van der Waals surface area (Å²) in [5, 5.41) is 19.4. The number of aliphatic carboxylic acids is 1. The van der Waals surface area contributed by atoms with E-state index in [4.69, 9.17) is 16.3 Å². The van der Waals surface area contributed by atoms with Crippen LogP contribution in [0.4, 0.5) is 4.39 Å². The Balaban J connectivity index is 1.44. The summed E-state index contributed by atoms with van der Waals surface area (Å²) in [5.41, 5.74) is 2.22. The summed E-state index contributed by atoms with van der Waals surface area (Å²) >= 11 is 6.05. The van der Waals surface area contributed by atoms with Gasteiger partial charge in [-0.1, -0.05) is 35.9 Å². The molecular formula is C22H23ClFNO4. The average Bonchev–Trinajstić information content (AvgIpc) is 3.07. The summed E-state index contributed by atoms with van der Waals surface area (Å²) in [4.78, 5) is 13.9. The zero-order valence-electron chi connectivity index (χ0n) is 15.9. The first-order chi connectivity index (χ1) is 13.9. The maximum atomic E-state index is 14.2. The molecule has 2 heterocycles. The zero-order valence-corrected chi connectivity index (χ0v) is 16.7. The lowest BCUT2D eigenvalue weighted by atomic mass is 9.83. The maximum Gasteiger partial charge on any atom is 0.308 e. The number of hydrogen-bond acceptors (Lipinski definition) is 4. The minimum atomic E-state index is -1.01. The second-order valence-corrected chi connectivity index (χ2v) is 8.25. The molecule has 5 nitrogen and oxygen atoms in total. The van der Waals surface area contributed by atoms with E-state index in [-0.39, 0.29) is 22.6 Å². The van der Waals surface area contributed by atoms with Crippen LogP contribution in [0.15, 0.2) is 36.4 Å². The van der Waals surface area contributed by atoms with E-state index in [0.29, 0.717) is 26.2 Å². The van der Waals surface area contributed by atoms with Crippen LogP contribution in [-0.2, 0) is 28.2 Å². The van der Waals surface area contributed by atoms with Crippen LogP contribution in [0.2, 0.25) is 5.02 Å². The van der Waals surface area contributed by atoms with Gasteiger partial charge in [0, 0.05) is 30.2 Å². The van der Waals surface area contributed by atoms with Crippen molar-refractivity contribution >= 4 is 17.6 Å². The number of aromatic hydroxyl groups is 1. The number of piperidine rings is 1. The Kier molecular flexibility index (Phi) is 5.51. The van der Waals surface area contributed by atoms with Gasteiger partial charge in [0.05, 0.1) is 18.1 Å². The van der Waals surface area contributed by atoms with Crippen LogP contribution in [0.3, 0.4) is 0 Å². The van der Waals surface area contributed by atoms with Crippen LogP contribution in [0.1, 0.15) is 29.5 Å². The Morgan fingerprint density at radius 2 is 1.97 bits per heavy atom. The molecule has 2 aliphatic rings. The van der Waals surface area contributed by atoms with Gasteiger partial charge >= 0.3 is 5.97 Å². The normalized spacial score (nSPS) is 19.2. The van der Waals surface area contributed by atoms with E-state index in [1.807, 2.05) is 12.1 Å². The monoisotopic (exact) mass is 419 g/mol. The lowest BCUT2D eigenvalue weighted by Crippen LogP contribution is -2.45. The Bertz CT molecular complexity index is 927. The fraction of sp³-hybridized carbons (Fsp3) is 0.409. The summed E-state index contributed by atoms with van der Waals surface area (Å²) in [7, 11) is 0. The molecular weight excluding hydrogens is 397 g/mol. The van der Waals surface area contributed by atoms with Gasteiger partial charge in [-0.15, -0.1) is 0 Å². The van der Waals surface area contributed by atoms with Gasteiger partial charge in [-0.2, -0.15) is 0 Å². The van der Waals surface area contributed by atoms with Crippen molar-refractivity contribution in [2.45, 2.75) is 31.5 Å². The summed E-state index contributed by atoms with van der Waals surface area (Å²) in [6.45, 7) is 2.31. The largest absolute Gasteiger partial charge is 0.505 e. The number of likely N-dealkylation sites (tertiary alicyclic amines) is 1. The van der Waals surface area contributed by atoms with Gasteiger partial charge in [0.25, 0.3) is 0 Å². The molecule has 2 aromatic carbocycles. The number of carboxylic acid groups (broad SMARTS) is 1. The van der Waals surface area contributed by atoms with Gasteiger partial charge < -0.3 is 19.8 Å². The number of benzene rings is 2. The second-order valence-electron chi connectivity index (χ2n) is 7.84. The summed E-state index contributed by atoms with van der Waals surface area (Å²) in [6, 6.07) is 10.8. The predicted octanol–water partition coefficient (Wildman–Crippen LogP) is 3.95. The van der Waals surface area contributed by atoms with Gasteiger partial charge in [0.2, 0.25) is 0 Å². The lowest BCUT2D eigenvalue weighted by Gasteiger charge is -2.40. The Labute approximate surface area is 173 Å². The number of fused-ring (bicyclic) bond motifs is 2. The molecule has 1 unspecified atom stereocenters. The van der Waals surface area contributed by atoms with Crippen molar-refractivity contribution in [3.63, 3.8) is 0 Å². The van der Waals surface area contributed by atoms with Gasteiger partial charge in [0.1, 0.15) is 0 Å². The minimum Gasteiger partial charge on any atom is -0.505 e. The molecule has 0 bridgehead atoms. The molecule has 0 amide bonds. The van der Waals surface area contributed by atoms with Crippen molar-refractivity contribution in [3.8, 4) is 5.75 Å². The molecule has 29 heavy (non-hydrogen) atoms. The third kappa shape index (κ3) is 3.84. The van der Waals surface area contributed by atoms with Crippen molar-refractivity contribution in [2.24, 2.45) is 5.92 Å². The summed E-state index contributed by atoms with van der Waals surface area (Å²) in [6.07, 6.45) is 1.50. The number of phenols is 1. The Morgan fingerprint density at radius 3 is 2.69 bits per heavy atom. The molecule has 2 N–H and O–H groups in total. The van der Waals surface area contributed by atoms with Crippen molar-refractivity contribution in [3.05, 3.63) is 63.9 Å². The van der Waals surface area contributed by atoms with Crippen molar-refractivity contribution in [1.29, 1.82) is 0 Å². The molecule has 1 saturated heterocycles. The highest BCUT2D eigenvalue weighted by Gasteiger charge is 2.42. The van der Waals surface area contributed by atoms with E-state index in [2.05, 4.69) is 17.0 Å². The quantitative estimate of drug-likeness (QED) is 0.768. The first kappa shape index (κ1) is 20.1. The number of carbonyl (C=O) groups is 1. The number of phenolic OH excluding ortho intramolecular Hbond substituents is 1. The molecule has 0 saturated carbocycles. The van der Waals surface area contributed by atoms with Crippen molar-refractivity contribution in [1.82, 2.24) is 4.90 Å². The average molecular weight is 420 g/mol. The van der Waals surface area contributed by atoms with Crippen LogP contribution in [0, 0.1) is 11.7 Å². The molecule has 2 aliphatic heterocycles. The van der Waals surface area contributed by atoms with E-state index in [9.17, 15) is 19.4 Å². The molecule has 7 heteroatoms. The predicted molar refractivity (Wildman–Crippen MR) is 106 cm³/mol. The number of ether oxygens (including phenoxy) is 1. The molecule has 4 rings (SSSR count). The first-order valence-corrected chi connectivity index (χ1v) is 10.1. The fourth-order valence-electron chi connectivity index (χ4n) is 4.46. The standard InChI is InChI=1S/C22H23ClFNO4/c23-18-5-6-19(26)20(24)16(18)11-15(21(27)28)12-25-9-7-22(8-10-25)17-4-2-1-3-14(17)13-29-22/h1-6,15,26H,7-13H2,(H,27,28). The number of halogens is 2. The molecule has 2 aromatic rings. The van der Waals surface area contributed by atoms with Gasteiger partial charge in [-0.05, 0) is 42.5 Å². The van der Waals surface area contributed by atoms with Crippen molar-refractivity contribution in [2.75, 3.05) is 19.6 Å². The van der Waals surface area contributed by atoms with Crippen LogP contribution >= 0.6 is 11.6 Å². The van der Waals surface area contributed by atoms with E-state index in [1.54, 1.807) is 0 Å². The number of hydrogen-bond donors (Lipinski definition) is 2. The van der Waals surface area contributed by atoms with Gasteiger partial charge in [0.15, 0.2) is 11.6 Å². The Hall–Kier alpha value is -2.15. The van der Waals surface area contributed by atoms with Crippen LogP contribution in [0.25, 0.3) is 0 Å². The van der Waals surface area contributed by atoms with Gasteiger partial charge in [-0.25, -0.2) is 4.39 Å². The smallest absolute Gasteiger partial charge is 0.308 e. The maximum absolute atomic E-state index is 14.2. The van der Waals surface area contributed by atoms with E-state index >= 15 is 0 Å². The second kappa shape index (κ2) is 7.94. The number of nitrogens with zero attached hydrogens (tertiary/aromatic N) is 1. The molecule has 1 atom stereocenters. The first-order valence-electron chi connectivity index (χ1n) is 9.73. The molecule has 0 aromatic heterocycles. The van der Waals surface area contributed by atoms with E-state index in [1.165, 1.54) is 23.3 Å². The van der Waals surface area contributed by atoms with Crippen LogP contribution < -0.4 is 0 Å². The summed E-state index contributed by atoms with van der Waals surface area (Å²) < 4.78 is 20.4. The number of carboxylic acids is 1. The van der Waals surface area contributed by atoms with Crippen molar-refractivity contribution < 1.29 is 24.1 Å².